The molecule has 20 heavy (non-hydrogen) atoms. The number of nitrogens with one attached hydrogen (secondary N) is 1. The Kier molecular flexibility index (Phi) is 7.69. The topological polar surface area (TPSA) is 67.8 Å². The second kappa shape index (κ2) is 9.34. The lowest BCUT2D eigenvalue weighted by Gasteiger charge is -2.17. The van der Waals surface area contributed by atoms with Crippen LogP contribution in [0.3, 0.4) is 0 Å². The van der Waals surface area contributed by atoms with Crippen molar-refractivity contribution in [1.82, 2.24) is 5.32 Å². The average Bonchev–Trinajstić information content (AvgIpc) is 2.47. The van der Waals surface area contributed by atoms with Gasteiger partial charge < -0.3 is 19.9 Å². The molecule has 0 spiro atoms. The highest BCUT2D eigenvalue weighted by Gasteiger charge is 2.19. The molecule has 1 rings (SSSR count). The van der Waals surface area contributed by atoms with E-state index in [1.165, 1.54) is 0 Å². The number of aliphatic hydroxyl groups excluding tert-OH is 1. The number of carbonyl (C=O) groups excluding carboxylic acids is 1. The second-order valence-corrected chi connectivity index (χ2v) is 4.38. The molecule has 1 unspecified atom stereocenters. The minimum Gasteiger partial charge on any atom is -0.491 e. The maximum atomic E-state index is 11.8. The van der Waals surface area contributed by atoms with E-state index in [1.807, 2.05) is 13.0 Å². The summed E-state index contributed by atoms with van der Waals surface area (Å²) in [5, 5.41) is 12.2. The lowest BCUT2D eigenvalue weighted by Crippen LogP contribution is -2.43. The van der Waals surface area contributed by atoms with Gasteiger partial charge in [-0.05, 0) is 37.6 Å². The van der Waals surface area contributed by atoms with Crippen molar-refractivity contribution >= 4 is 5.97 Å². The van der Waals surface area contributed by atoms with E-state index in [-0.39, 0.29) is 19.2 Å². The Hall–Kier alpha value is -1.59. The molecule has 0 aromatic heterocycles. The highest BCUT2D eigenvalue weighted by atomic mass is 16.5. The molecule has 0 radical (unpaired) electrons. The predicted octanol–water partition coefficient (Wildman–Crippen LogP) is 1.49. The van der Waals surface area contributed by atoms with Gasteiger partial charge in [0.05, 0.1) is 13.2 Å². The molecule has 1 aromatic rings. The van der Waals surface area contributed by atoms with Gasteiger partial charge in [0.1, 0.15) is 18.4 Å². The zero-order valence-corrected chi connectivity index (χ0v) is 12.1. The van der Waals surface area contributed by atoms with Crippen LogP contribution in [0.15, 0.2) is 24.3 Å². The van der Waals surface area contributed by atoms with Crippen LogP contribution in [0.25, 0.3) is 0 Å². The fourth-order valence-corrected chi connectivity index (χ4v) is 1.68. The minimum absolute atomic E-state index is 0.0351. The van der Waals surface area contributed by atoms with Crippen LogP contribution in [0, 0.1) is 0 Å². The molecule has 0 fully saturated rings. The van der Waals surface area contributed by atoms with Crippen molar-refractivity contribution < 1.29 is 19.4 Å². The zero-order chi connectivity index (χ0) is 14.8. The van der Waals surface area contributed by atoms with Crippen LogP contribution >= 0.6 is 0 Å². The maximum absolute atomic E-state index is 11.8. The Morgan fingerprint density at radius 2 is 2.20 bits per heavy atom. The number of aliphatic hydroxyl groups is 1. The van der Waals surface area contributed by atoms with Gasteiger partial charge in [0.25, 0.3) is 0 Å². The molecule has 0 heterocycles. The van der Waals surface area contributed by atoms with Crippen molar-refractivity contribution in [2.24, 2.45) is 0 Å². The molecule has 1 aromatic carbocycles. The Balaban J connectivity index is 2.57. The van der Waals surface area contributed by atoms with Gasteiger partial charge in [-0.3, -0.25) is 4.79 Å². The Morgan fingerprint density at radius 3 is 2.85 bits per heavy atom. The third-order valence-electron chi connectivity index (χ3n) is 2.71. The molecule has 0 saturated carbocycles. The molecular formula is C15H23NO4. The number of hydrogen-bond acceptors (Lipinski definition) is 5. The van der Waals surface area contributed by atoms with Gasteiger partial charge in [-0.25, -0.2) is 0 Å². The van der Waals surface area contributed by atoms with Crippen LogP contribution in [0.1, 0.15) is 25.8 Å². The van der Waals surface area contributed by atoms with E-state index in [1.54, 1.807) is 25.1 Å². The van der Waals surface area contributed by atoms with Crippen LogP contribution in [-0.2, 0) is 16.1 Å². The van der Waals surface area contributed by atoms with E-state index in [9.17, 15) is 4.79 Å². The monoisotopic (exact) mass is 281 g/mol. The highest BCUT2D eigenvalue weighted by molar-refractivity contribution is 5.76. The summed E-state index contributed by atoms with van der Waals surface area (Å²) >= 11 is 0. The number of ether oxygens (including phenoxy) is 2. The van der Waals surface area contributed by atoms with Gasteiger partial charge in [-0.2, -0.15) is 0 Å². The molecular weight excluding hydrogens is 258 g/mol. The standard InChI is InChI=1S/C15H23NO4/c1-3-8-16-14(15(18)19-4-2)11-20-13-7-5-6-12(9-13)10-17/h5-7,9,14,16-17H,3-4,8,10-11H2,1-2H3. The summed E-state index contributed by atoms with van der Waals surface area (Å²) in [4.78, 5) is 11.8. The normalized spacial score (nSPS) is 11.9. The van der Waals surface area contributed by atoms with Gasteiger partial charge in [-0.15, -0.1) is 0 Å². The lowest BCUT2D eigenvalue weighted by molar-refractivity contribution is -0.146. The third kappa shape index (κ3) is 5.59. The molecule has 0 amide bonds. The molecule has 0 aliphatic carbocycles. The van der Waals surface area contributed by atoms with Crippen molar-refractivity contribution in [3.63, 3.8) is 0 Å². The number of hydrogen-bond donors (Lipinski definition) is 2. The van der Waals surface area contributed by atoms with Crippen molar-refractivity contribution in [3.8, 4) is 5.75 Å². The molecule has 1 atom stereocenters. The van der Waals surface area contributed by atoms with Gasteiger partial charge >= 0.3 is 5.97 Å². The second-order valence-electron chi connectivity index (χ2n) is 4.38. The number of benzene rings is 1. The largest absolute Gasteiger partial charge is 0.491 e. The highest BCUT2D eigenvalue weighted by Crippen LogP contribution is 2.13. The van der Waals surface area contributed by atoms with Gasteiger partial charge in [-0.1, -0.05) is 19.1 Å². The van der Waals surface area contributed by atoms with E-state index in [4.69, 9.17) is 14.6 Å². The summed E-state index contributed by atoms with van der Waals surface area (Å²) in [6.45, 7) is 5.05. The lowest BCUT2D eigenvalue weighted by atomic mass is 10.2. The van der Waals surface area contributed by atoms with Gasteiger partial charge in [0.15, 0.2) is 0 Å². The summed E-state index contributed by atoms with van der Waals surface area (Å²) in [6.07, 6.45) is 0.926. The predicted molar refractivity (Wildman–Crippen MR) is 76.6 cm³/mol. The number of rotatable bonds is 9. The first kappa shape index (κ1) is 16.5. The average molecular weight is 281 g/mol. The van der Waals surface area contributed by atoms with E-state index < -0.39 is 6.04 Å². The first-order valence-corrected chi connectivity index (χ1v) is 6.93. The smallest absolute Gasteiger partial charge is 0.326 e. The molecule has 0 bridgehead atoms. The summed E-state index contributed by atoms with van der Waals surface area (Å²) in [5.41, 5.74) is 0.775. The zero-order valence-electron chi connectivity index (χ0n) is 12.1. The molecule has 0 aliphatic heterocycles. The van der Waals surface area contributed by atoms with Crippen molar-refractivity contribution in [2.45, 2.75) is 32.9 Å². The number of esters is 1. The molecule has 5 heteroatoms. The molecule has 0 saturated heterocycles. The minimum atomic E-state index is -0.479. The first-order chi connectivity index (χ1) is 9.71. The summed E-state index contributed by atoms with van der Waals surface area (Å²) < 4.78 is 10.6. The fourth-order valence-electron chi connectivity index (χ4n) is 1.68. The first-order valence-electron chi connectivity index (χ1n) is 6.93. The fraction of sp³-hybridized carbons (Fsp3) is 0.533. The Labute approximate surface area is 119 Å². The van der Waals surface area contributed by atoms with E-state index in [0.717, 1.165) is 18.5 Å². The Bertz CT molecular complexity index is 409. The van der Waals surface area contributed by atoms with Crippen molar-refractivity contribution in [3.05, 3.63) is 29.8 Å². The van der Waals surface area contributed by atoms with Crippen LogP contribution in [0.2, 0.25) is 0 Å². The van der Waals surface area contributed by atoms with Crippen LogP contribution in [-0.4, -0.2) is 36.9 Å². The summed E-state index contributed by atoms with van der Waals surface area (Å²) in [7, 11) is 0. The SMILES string of the molecule is CCCNC(COc1cccc(CO)c1)C(=O)OCC. The van der Waals surface area contributed by atoms with Crippen molar-refractivity contribution in [1.29, 1.82) is 0 Å². The van der Waals surface area contributed by atoms with E-state index >= 15 is 0 Å². The van der Waals surface area contributed by atoms with E-state index in [0.29, 0.717) is 12.4 Å². The summed E-state index contributed by atoms with van der Waals surface area (Å²) in [6, 6.07) is 6.68. The van der Waals surface area contributed by atoms with Crippen molar-refractivity contribution in [2.75, 3.05) is 19.8 Å². The van der Waals surface area contributed by atoms with Gasteiger partial charge in [0.2, 0.25) is 0 Å². The molecule has 0 aliphatic rings. The number of carbonyl (C=O) groups is 1. The van der Waals surface area contributed by atoms with Gasteiger partial charge in [0, 0.05) is 0 Å². The third-order valence-corrected chi connectivity index (χ3v) is 2.71. The Morgan fingerprint density at radius 1 is 1.40 bits per heavy atom. The van der Waals surface area contributed by atoms with E-state index in [2.05, 4.69) is 5.32 Å². The molecule has 2 N–H and O–H groups in total. The van der Waals surface area contributed by atoms with Crippen LogP contribution in [0.5, 0.6) is 5.75 Å². The van der Waals surface area contributed by atoms with Crippen LogP contribution in [0.4, 0.5) is 0 Å². The maximum Gasteiger partial charge on any atom is 0.326 e. The quantitative estimate of drug-likeness (QED) is 0.671. The van der Waals surface area contributed by atoms with Crippen LogP contribution < -0.4 is 10.1 Å². The molecule has 112 valence electrons. The molecule has 5 nitrogen and oxygen atoms in total. The summed E-state index contributed by atoms with van der Waals surface area (Å²) in [5.74, 6) is 0.323.